The number of nitrogens with one attached hydrogen (secondary N) is 1. The van der Waals surface area contributed by atoms with Crippen LogP contribution in [-0.2, 0) is 0 Å². The van der Waals surface area contributed by atoms with E-state index in [0.717, 1.165) is 37.9 Å². The Morgan fingerprint density at radius 1 is 1.39 bits per heavy atom. The van der Waals surface area contributed by atoms with Crippen molar-refractivity contribution in [3.8, 4) is 5.88 Å². The first-order valence-corrected chi connectivity index (χ1v) is 6.65. The Morgan fingerprint density at radius 3 is 2.83 bits per heavy atom. The molecule has 100 valence electrons. The number of anilines is 1. The molecule has 1 aliphatic rings. The molecule has 0 spiro atoms. The summed E-state index contributed by atoms with van der Waals surface area (Å²) in [5.74, 6) is 2.35. The topological polar surface area (TPSA) is 50.3 Å². The second-order valence-electron chi connectivity index (χ2n) is 4.65. The molecule has 1 aromatic rings. The van der Waals surface area contributed by atoms with Crippen LogP contribution in [0.4, 0.5) is 5.82 Å². The lowest BCUT2D eigenvalue weighted by Crippen LogP contribution is -2.36. The van der Waals surface area contributed by atoms with Crippen LogP contribution < -0.4 is 15.0 Å². The standard InChI is InChI=1S/C13H22N4O/c1-3-17(9-11-4-6-14-7-5-11)12-8-13(18-2)16-10-15-12/h8,10-11,14H,3-7,9H2,1-2H3. The van der Waals surface area contributed by atoms with E-state index in [-0.39, 0.29) is 0 Å². The Labute approximate surface area is 109 Å². The maximum absolute atomic E-state index is 5.15. The summed E-state index contributed by atoms with van der Waals surface area (Å²) in [6.45, 7) is 6.46. The second kappa shape index (κ2) is 6.54. The molecule has 1 saturated heterocycles. The third kappa shape index (κ3) is 3.32. The van der Waals surface area contributed by atoms with Crippen LogP contribution in [0.5, 0.6) is 5.88 Å². The van der Waals surface area contributed by atoms with Gasteiger partial charge in [-0.25, -0.2) is 9.97 Å². The highest BCUT2D eigenvalue weighted by molar-refractivity contribution is 5.40. The van der Waals surface area contributed by atoms with Gasteiger partial charge in [0.25, 0.3) is 0 Å². The molecule has 5 nitrogen and oxygen atoms in total. The number of methoxy groups -OCH3 is 1. The molecular weight excluding hydrogens is 228 g/mol. The lowest BCUT2D eigenvalue weighted by atomic mass is 9.97. The van der Waals surface area contributed by atoms with Crippen molar-refractivity contribution in [1.82, 2.24) is 15.3 Å². The number of rotatable bonds is 5. The molecule has 0 amide bonds. The molecule has 0 unspecified atom stereocenters. The molecule has 2 heterocycles. The van der Waals surface area contributed by atoms with Gasteiger partial charge in [-0.05, 0) is 38.8 Å². The van der Waals surface area contributed by atoms with Crippen molar-refractivity contribution in [2.75, 3.05) is 38.2 Å². The number of aromatic nitrogens is 2. The zero-order valence-electron chi connectivity index (χ0n) is 11.2. The fraction of sp³-hybridized carbons (Fsp3) is 0.692. The monoisotopic (exact) mass is 250 g/mol. The summed E-state index contributed by atoms with van der Waals surface area (Å²) in [5.41, 5.74) is 0. The zero-order chi connectivity index (χ0) is 12.8. The number of hydrogen-bond acceptors (Lipinski definition) is 5. The van der Waals surface area contributed by atoms with Gasteiger partial charge in [0.2, 0.25) is 5.88 Å². The molecule has 0 aliphatic carbocycles. The van der Waals surface area contributed by atoms with E-state index in [0.29, 0.717) is 5.88 Å². The van der Waals surface area contributed by atoms with Gasteiger partial charge in [-0.2, -0.15) is 0 Å². The number of nitrogens with zero attached hydrogens (tertiary/aromatic N) is 3. The van der Waals surface area contributed by atoms with Gasteiger partial charge in [0.15, 0.2) is 0 Å². The van der Waals surface area contributed by atoms with Crippen molar-refractivity contribution in [1.29, 1.82) is 0 Å². The summed E-state index contributed by atoms with van der Waals surface area (Å²) in [6.07, 6.45) is 4.07. The minimum atomic E-state index is 0.628. The van der Waals surface area contributed by atoms with Crippen LogP contribution in [0.15, 0.2) is 12.4 Å². The highest BCUT2D eigenvalue weighted by Crippen LogP contribution is 2.19. The van der Waals surface area contributed by atoms with E-state index in [1.165, 1.54) is 12.8 Å². The van der Waals surface area contributed by atoms with Gasteiger partial charge in [0.1, 0.15) is 12.1 Å². The van der Waals surface area contributed by atoms with E-state index in [1.54, 1.807) is 13.4 Å². The lowest BCUT2D eigenvalue weighted by molar-refractivity contribution is 0.373. The van der Waals surface area contributed by atoms with Crippen molar-refractivity contribution in [3.05, 3.63) is 12.4 Å². The molecular formula is C13H22N4O. The zero-order valence-corrected chi connectivity index (χ0v) is 11.2. The normalized spacial score (nSPS) is 16.6. The van der Waals surface area contributed by atoms with Gasteiger partial charge in [0, 0.05) is 19.2 Å². The first-order valence-electron chi connectivity index (χ1n) is 6.65. The van der Waals surface area contributed by atoms with Crippen LogP contribution in [0.2, 0.25) is 0 Å². The number of ether oxygens (including phenoxy) is 1. The van der Waals surface area contributed by atoms with E-state index in [2.05, 4.69) is 27.1 Å². The quantitative estimate of drug-likeness (QED) is 0.854. The van der Waals surface area contributed by atoms with Crippen molar-refractivity contribution in [2.24, 2.45) is 5.92 Å². The van der Waals surface area contributed by atoms with E-state index >= 15 is 0 Å². The molecule has 0 aromatic carbocycles. The maximum Gasteiger partial charge on any atom is 0.218 e. The van der Waals surface area contributed by atoms with Crippen LogP contribution in [0.1, 0.15) is 19.8 Å². The van der Waals surface area contributed by atoms with E-state index in [9.17, 15) is 0 Å². The highest BCUT2D eigenvalue weighted by Gasteiger charge is 2.17. The SMILES string of the molecule is CCN(CC1CCNCC1)c1cc(OC)ncn1. The van der Waals surface area contributed by atoms with Crippen molar-refractivity contribution < 1.29 is 4.74 Å². The van der Waals surface area contributed by atoms with Gasteiger partial charge < -0.3 is 15.0 Å². The average molecular weight is 250 g/mol. The molecule has 1 N–H and O–H groups in total. The Balaban J connectivity index is 2.02. The van der Waals surface area contributed by atoms with Crippen molar-refractivity contribution in [3.63, 3.8) is 0 Å². The summed E-state index contributed by atoms with van der Waals surface area (Å²) in [6, 6.07) is 1.91. The largest absolute Gasteiger partial charge is 0.481 e. The Morgan fingerprint density at radius 2 is 2.17 bits per heavy atom. The van der Waals surface area contributed by atoms with E-state index < -0.39 is 0 Å². The molecule has 18 heavy (non-hydrogen) atoms. The summed E-state index contributed by atoms with van der Waals surface area (Å²) in [7, 11) is 1.63. The first kappa shape index (κ1) is 13.1. The van der Waals surface area contributed by atoms with Crippen LogP contribution in [-0.4, -0.2) is 43.3 Å². The molecule has 1 aromatic heterocycles. The third-order valence-electron chi connectivity index (χ3n) is 3.48. The van der Waals surface area contributed by atoms with Gasteiger partial charge in [-0.3, -0.25) is 0 Å². The molecule has 0 radical (unpaired) electrons. The van der Waals surface area contributed by atoms with Crippen LogP contribution in [0, 0.1) is 5.92 Å². The summed E-state index contributed by atoms with van der Waals surface area (Å²) in [4.78, 5) is 10.7. The lowest BCUT2D eigenvalue weighted by Gasteiger charge is -2.30. The molecule has 1 fully saturated rings. The number of piperidine rings is 1. The molecule has 5 heteroatoms. The smallest absolute Gasteiger partial charge is 0.218 e. The Hall–Kier alpha value is -1.36. The van der Waals surface area contributed by atoms with Crippen LogP contribution in [0.3, 0.4) is 0 Å². The molecule has 0 saturated carbocycles. The molecule has 1 aliphatic heterocycles. The van der Waals surface area contributed by atoms with Crippen LogP contribution >= 0.6 is 0 Å². The van der Waals surface area contributed by atoms with Crippen molar-refractivity contribution in [2.45, 2.75) is 19.8 Å². The van der Waals surface area contributed by atoms with E-state index in [1.807, 2.05) is 6.07 Å². The highest BCUT2D eigenvalue weighted by atomic mass is 16.5. The third-order valence-corrected chi connectivity index (χ3v) is 3.48. The minimum Gasteiger partial charge on any atom is -0.481 e. The molecule has 0 atom stereocenters. The first-order chi connectivity index (χ1) is 8.83. The fourth-order valence-corrected chi connectivity index (χ4v) is 2.38. The fourth-order valence-electron chi connectivity index (χ4n) is 2.38. The Bertz CT molecular complexity index is 366. The van der Waals surface area contributed by atoms with Gasteiger partial charge in [0.05, 0.1) is 7.11 Å². The van der Waals surface area contributed by atoms with Crippen molar-refractivity contribution >= 4 is 5.82 Å². The van der Waals surface area contributed by atoms with Crippen LogP contribution in [0.25, 0.3) is 0 Å². The minimum absolute atomic E-state index is 0.628. The average Bonchev–Trinajstić information content (AvgIpc) is 2.46. The molecule has 2 rings (SSSR count). The van der Waals surface area contributed by atoms with Gasteiger partial charge in [-0.1, -0.05) is 0 Å². The maximum atomic E-state index is 5.15. The summed E-state index contributed by atoms with van der Waals surface area (Å²) in [5, 5.41) is 3.40. The predicted molar refractivity (Wildman–Crippen MR) is 72.1 cm³/mol. The van der Waals surface area contributed by atoms with E-state index in [4.69, 9.17) is 4.74 Å². The number of hydrogen-bond donors (Lipinski definition) is 1. The predicted octanol–water partition coefficient (Wildman–Crippen LogP) is 1.31. The van der Waals surface area contributed by atoms with Gasteiger partial charge in [-0.15, -0.1) is 0 Å². The summed E-state index contributed by atoms with van der Waals surface area (Å²) < 4.78 is 5.15. The summed E-state index contributed by atoms with van der Waals surface area (Å²) >= 11 is 0. The van der Waals surface area contributed by atoms with Gasteiger partial charge >= 0.3 is 0 Å². The Kier molecular flexibility index (Phi) is 4.75. The second-order valence-corrected chi connectivity index (χ2v) is 4.65. The molecule has 0 bridgehead atoms.